The zero-order valence-corrected chi connectivity index (χ0v) is 17.4. The Labute approximate surface area is 176 Å². The van der Waals surface area contributed by atoms with Crippen LogP contribution in [0.5, 0.6) is 5.75 Å². The van der Waals surface area contributed by atoms with Crippen molar-refractivity contribution in [2.45, 2.75) is 17.3 Å². The van der Waals surface area contributed by atoms with Gasteiger partial charge in [-0.1, -0.05) is 17.8 Å². The first-order valence-electron chi connectivity index (χ1n) is 8.80. The molecule has 0 unspecified atom stereocenters. The van der Waals surface area contributed by atoms with Gasteiger partial charge in [0.25, 0.3) is 0 Å². The second kappa shape index (κ2) is 10.6. The van der Waals surface area contributed by atoms with Crippen molar-refractivity contribution >= 4 is 40.6 Å². The predicted molar refractivity (Wildman–Crippen MR) is 114 cm³/mol. The maximum Gasteiger partial charge on any atom is 0.234 e. The Morgan fingerprint density at radius 3 is 2.66 bits per heavy atom. The van der Waals surface area contributed by atoms with Gasteiger partial charge in [0.15, 0.2) is 4.34 Å². The van der Waals surface area contributed by atoms with E-state index in [2.05, 4.69) is 20.6 Å². The number of hydrogen-bond acceptors (Lipinski definition) is 7. The Kier molecular flexibility index (Phi) is 7.60. The molecule has 3 rings (SSSR count). The van der Waals surface area contributed by atoms with Gasteiger partial charge in [-0.25, -0.2) is 4.98 Å². The van der Waals surface area contributed by atoms with Crippen LogP contribution in [0.2, 0.25) is 0 Å². The van der Waals surface area contributed by atoms with Crippen LogP contribution in [0, 0.1) is 0 Å². The monoisotopic (exact) mass is 428 g/mol. The number of carbonyl (C=O) groups excluding carboxylic acids is 2. The van der Waals surface area contributed by atoms with E-state index >= 15 is 0 Å². The minimum Gasteiger partial charge on any atom is -0.497 e. The molecule has 7 nitrogen and oxygen atoms in total. The van der Waals surface area contributed by atoms with E-state index in [0.29, 0.717) is 17.9 Å². The number of amides is 2. The number of hydrogen-bond donors (Lipinski definition) is 2. The minimum atomic E-state index is -0.120. The zero-order valence-electron chi connectivity index (χ0n) is 15.8. The van der Waals surface area contributed by atoms with Crippen LogP contribution in [0.3, 0.4) is 0 Å². The molecule has 2 amide bonds. The number of ether oxygens (including phenoxy) is 1. The van der Waals surface area contributed by atoms with Crippen LogP contribution in [-0.4, -0.2) is 34.6 Å². The lowest BCUT2D eigenvalue weighted by Crippen LogP contribution is -2.25. The molecule has 0 saturated carbocycles. The third-order valence-electron chi connectivity index (χ3n) is 3.77. The third kappa shape index (κ3) is 6.88. The maximum absolute atomic E-state index is 12.1. The van der Waals surface area contributed by atoms with Crippen molar-refractivity contribution in [2.24, 2.45) is 0 Å². The van der Waals surface area contributed by atoms with Gasteiger partial charge in [-0.05, 0) is 36.4 Å². The number of thioether (sulfide) groups is 1. The molecule has 0 aliphatic heterocycles. The summed E-state index contributed by atoms with van der Waals surface area (Å²) in [5.74, 6) is 0.738. The van der Waals surface area contributed by atoms with Gasteiger partial charge in [-0.3, -0.25) is 14.6 Å². The molecule has 0 bridgehead atoms. The summed E-state index contributed by atoms with van der Waals surface area (Å²) >= 11 is 2.76. The molecule has 0 spiro atoms. The summed E-state index contributed by atoms with van der Waals surface area (Å²) in [5.41, 5.74) is 2.20. The molecule has 0 saturated heterocycles. The maximum atomic E-state index is 12.1. The lowest BCUT2D eigenvalue weighted by atomic mass is 10.3. The number of rotatable bonds is 9. The SMILES string of the molecule is COc1ccc(NC(=O)CSc2nc(CC(=O)NCc3ccccn3)cs2)cc1. The number of nitrogens with zero attached hydrogens (tertiary/aromatic N) is 2. The van der Waals surface area contributed by atoms with Gasteiger partial charge in [-0.15, -0.1) is 11.3 Å². The first-order chi connectivity index (χ1) is 14.1. The molecule has 2 N–H and O–H groups in total. The third-order valence-corrected chi connectivity index (χ3v) is 5.84. The molecular formula is C20H20N4O3S2. The molecule has 0 radical (unpaired) electrons. The van der Waals surface area contributed by atoms with Crippen molar-refractivity contribution in [1.82, 2.24) is 15.3 Å². The smallest absolute Gasteiger partial charge is 0.234 e. The van der Waals surface area contributed by atoms with Gasteiger partial charge in [0.1, 0.15) is 5.75 Å². The highest BCUT2D eigenvalue weighted by Gasteiger charge is 2.10. The molecule has 0 atom stereocenters. The van der Waals surface area contributed by atoms with Crippen molar-refractivity contribution in [3.8, 4) is 5.75 Å². The van der Waals surface area contributed by atoms with E-state index < -0.39 is 0 Å². The Hall–Kier alpha value is -2.91. The van der Waals surface area contributed by atoms with E-state index in [4.69, 9.17) is 4.74 Å². The fourth-order valence-corrected chi connectivity index (χ4v) is 4.00. The van der Waals surface area contributed by atoms with Crippen molar-refractivity contribution in [2.75, 3.05) is 18.2 Å². The Morgan fingerprint density at radius 1 is 1.10 bits per heavy atom. The number of pyridine rings is 1. The van der Waals surface area contributed by atoms with Crippen molar-refractivity contribution in [1.29, 1.82) is 0 Å². The average Bonchev–Trinajstić information content (AvgIpc) is 3.19. The normalized spacial score (nSPS) is 10.4. The van der Waals surface area contributed by atoms with E-state index in [1.807, 2.05) is 23.6 Å². The second-order valence-electron chi connectivity index (χ2n) is 5.94. The van der Waals surface area contributed by atoms with Crippen LogP contribution in [0.1, 0.15) is 11.4 Å². The van der Waals surface area contributed by atoms with E-state index in [1.165, 1.54) is 23.1 Å². The first-order valence-corrected chi connectivity index (χ1v) is 10.7. The Balaban J connectivity index is 1.41. The van der Waals surface area contributed by atoms with Crippen molar-refractivity contribution in [3.05, 3.63) is 65.4 Å². The van der Waals surface area contributed by atoms with Gasteiger partial charge in [0.2, 0.25) is 11.8 Å². The Morgan fingerprint density at radius 2 is 1.93 bits per heavy atom. The topological polar surface area (TPSA) is 93.2 Å². The van der Waals surface area contributed by atoms with Crippen LogP contribution in [0.15, 0.2) is 58.4 Å². The lowest BCUT2D eigenvalue weighted by molar-refractivity contribution is -0.120. The summed E-state index contributed by atoms with van der Waals surface area (Å²) in [6.07, 6.45) is 1.89. The lowest BCUT2D eigenvalue weighted by Gasteiger charge is -2.05. The van der Waals surface area contributed by atoms with E-state index in [-0.39, 0.29) is 24.0 Å². The fourth-order valence-electron chi connectivity index (χ4n) is 2.35. The number of thiazole rings is 1. The molecular weight excluding hydrogens is 408 g/mol. The molecule has 0 fully saturated rings. The standard InChI is InChI=1S/C20H20N4O3S2/c1-27-17-7-5-14(6-8-17)23-19(26)13-29-20-24-16(12-28-20)10-18(25)22-11-15-4-2-3-9-21-15/h2-9,12H,10-11,13H2,1H3,(H,22,25)(H,23,26). The highest BCUT2D eigenvalue weighted by molar-refractivity contribution is 8.01. The van der Waals surface area contributed by atoms with E-state index in [9.17, 15) is 9.59 Å². The van der Waals surface area contributed by atoms with Crippen LogP contribution >= 0.6 is 23.1 Å². The summed E-state index contributed by atoms with van der Waals surface area (Å²) in [6, 6.07) is 12.7. The molecule has 3 aromatic rings. The molecule has 0 aliphatic carbocycles. The van der Waals surface area contributed by atoms with E-state index in [1.54, 1.807) is 37.6 Å². The van der Waals surface area contributed by atoms with Gasteiger partial charge >= 0.3 is 0 Å². The van der Waals surface area contributed by atoms with Gasteiger partial charge in [0, 0.05) is 17.3 Å². The average molecular weight is 429 g/mol. The van der Waals surface area contributed by atoms with Gasteiger partial charge < -0.3 is 15.4 Å². The molecule has 2 aromatic heterocycles. The summed E-state index contributed by atoms with van der Waals surface area (Å²) in [7, 11) is 1.59. The van der Waals surface area contributed by atoms with E-state index in [0.717, 1.165) is 15.8 Å². The quantitative estimate of drug-likeness (QED) is 0.509. The zero-order chi connectivity index (χ0) is 20.5. The molecule has 1 aromatic carbocycles. The fraction of sp³-hybridized carbons (Fsp3) is 0.200. The molecule has 2 heterocycles. The van der Waals surface area contributed by atoms with Crippen LogP contribution in [0.4, 0.5) is 5.69 Å². The highest BCUT2D eigenvalue weighted by atomic mass is 32.2. The molecule has 0 aliphatic rings. The second-order valence-corrected chi connectivity index (χ2v) is 8.03. The summed E-state index contributed by atoms with van der Waals surface area (Å²) in [6.45, 7) is 0.386. The first kappa shape index (κ1) is 20.8. The van der Waals surface area contributed by atoms with Crippen molar-refractivity contribution < 1.29 is 14.3 Å². The molecule has 9 heteroatoms. The summed E-state index contributed by atoms with van der Waals surface area (Å²) in [4.78, 5) is 32.7. The number of anilines is 1. The summed E-state index contributed by atoms with van der Waals surface area (Å²) < 4.78 is 5.84. The molecule has 29 heavy (non-hydrogen) atoms. The summed E-state index contributed by atoms with van der Waals surface area (Å²) in [5, 5.41) is 7.49. The number of aromatic nitrogens is 2. The largest absolute Gasteiger partial charge is 0.497 e. The minimum absolute atomic E-state index is 0.116. The number of carbonyl (C=O) groups is 2. The predicted octanol–water partition coefficient (Wildman–Crippen LogP) is 3.14. The van der Waals surface area contributed by atoms with Gasteiger partial charge in [-0.2, -0.15) is 0 Å². The van der Waals surface area contributed by atoms with Crippen LogP contribution < -0.4 is 15.4 Å². The Bertz CT molecular complexity index is 946. The number of methoxy groups -OCH3 is 1. The number of benzene rings is 1. The van der Waals surface area contributed by atoms with Crippen LogP contribution in [-0.2, 0) is 22.6 Å². The van der Waals surface area contributed by atoms with Gasteiger partial charge in [0.05, 0.1) is 37.2 Å². The van der Waals surface area contributed by atoms with Crippen LogP contribution in [0.25, 0.3) is 0 Å². The highest BCUT2D eigenvalue weighted by Crippen LogP contribution is 2.23. The number of nitrogens with one attached hydrogen (secondary N) is 2. The van der Waals surface area contributed by atoms with Crippen molar-refractivity contribution in [3.63, 3.8) is 0 Å². The molecule has 150 valence electrons.